The molecule has 1 unspecified atom stereocenters. The number of para-hydroxylation sites is 1. The molecule has 126 valence electrons. The molecule has 0 aliphatic carbocycles. The van der Waals surface area contributed by atoms with Gasteiger partial charge in [0.1, 0.15) is 11.5 Å². The van der Waals surface area contributed by atoms with Crippen molar-refractivity contribution < 1.29 is 24.8 Å². The Morgan fingerprint density at radius 2 is 1.67 bits per heavy atom. The SMILES string of the molecule is C/C=C(O)\C(=C/CO)P(=O)(O)c1ccccc1-c1ccccc1O. The summed E-state index contributed by atoms with van der Waals surface area (Å²) in [5.41, 5.74) is 0.792. The molecule has 24 heavy (non-hydrogen) atoms. The maximum Gasteiger partial charge on any atom is 0.262 e. The molecule has 1 atom stereocenters. The number of aromatic hydroxyl groups is 1. The second kappa shape index (κ2) is 7.49. The summed E-state index contributed by atoms with van der Waals surface area (Å²) in [5, 5.41) is 29.0. The van der Waals surface area contributed by atoms with Gasteiger partial charge in [0.05, 0.1) is 11.9 Å². The van der Waals surface area contributed by atoms with Gasteiger partial charge in [0.2, 0.25) is 0 Å². The summed E-state index contributed by atoms with van der Waals surface area (Å²) in [6.45, 7) is 1.03. The molecule has 2 aromatic rings. The summed E-state index contributed by atoms with van der Waals surface area (Å²) < 4.78 is 13.1. The Hall–Kier alpha value is -2.33. The molecule has 0 spiro atoms. The second-order valence-corrected chi connectivity index (χ2v) is 7.17. The van der Waals surface area contributed by atoms with E-state index in [9.17, 15) is 19.7 Å². The summed E-state index contributed by atoms with van der Waals surface area (Å²) in [4.78, 5) is 10.7. The molecule has 0 radical (unpaired) electrons. The highest BCUT2D eigenvalue weighted by atomic mass is 31.2. The molecule has 0 aromatic heterocycles. The standard InChI is InChI=1S/C18H19O5P/c1-2-15(20)18(11-12-19)24(22,23)17-10-6-4-8-14(17)13-7-3-5-9-16(13)21/h2-11,19-21H,12H2,1H3,(H,22,23)/b15-2+,18-11+. The van der Waals surface area contributed by atoms with Gasteiger partial charge < -0.3 is 20.2 Å². The van der Waals surface area contributed by atoms with Crippen LogP contribution in [0.1, 0.15) is 6.92 Å². The van der Waals surface area contributed by atoms with E-state index in [1.807, 2.05) is 0 Å². The van der Waals surface area contributed by atoms with E-state index >= 15 is 0 Å². The topological polar surface area (TPSA) is 98.0 Å². The minimum Gasteiger partial charge on any atom is -0.507 e. The average molecular weight is 346 g/mol. The van der Waals surface area contributed by atoms with Crippen molar-refractivity contribution in [2.75, 3.05) is 6.61 Å². The third kappa shape index (κ3) is 3.44. The molecule has 0 bridgehead atoms. The largest absolute Gasteiger partial charge is 0.507 e. The Balaban J connectivity index is 2.71. The maximum absolute atomic E-state index is 13.1. The van der Waals surface area contributed by atoms with Gasteiger partial charge in [0, 0.05) is 10.9 Å². The van der Waals surface area contributed by atoms with Crippen molar-refractivity contribution in [1.29, 1.82) is 0 Å². The van der Waals surface area contributed by atoms with E-state index < -0.39 is 14.0 Å². The Bertz CT molecular complexity index is 839. The fraction of sp³-hybridized carbons (Fsp3) is 0.111. The molecule has 4 N–H and O–H groups in total. The highest BCUT2D eigenvalue weighted by molar-refractivity contribution is 7.70. The van der Waals surface area contributed by atoms with E-state index in [1.54, 1.807) is 36.4 Å². The molecule has 0 aliphatic rings. The Labute approximate surface area is 140 Å². The summed E-state index contributed by atoms with van der Waals surface area (Å²) >= 11 is 0. The molecule has 0 fully saturated rings. The highest BCUT2D eigenvalue weighted by Crippen LogP contribution is 2.53. The van der Waals surface area contributed by atoms with Crippen LogP contribution >= 0.6 is 7.37 Å². The summed E-state index contributed by atoms with van der Waals surface area (Å²) in [5.74, 6) is -0.394. The molecule has 0 aliphatic heterocycles. The van der Waals surface area contributed by atoms with Crippen LogP contribution in [0.3, 0.4) is 0 Å². The van der Waals surface area contributed by atoms with Crippen LogP contribution in [0.2, 0.25) is 0 Å². The first-order chi connectivity index (χ1) is 11.4. The van der Waals surface area contributed by atoms with Crippen molar-refractivity contribution in [2.45, 2.75) is 6.92 Å². The van der Waals surface area contributed by atoms with Crippen molar-refractivity contribution in [3.8, 4) is 16.9 Å². The number of phenols is 1. The lowest BCUT2D eigenvalue weighted by atomic mass is 10.0. The van der Waals surface area contributed by atoms with Crippen LogP contribution in [-0.4, -0.2) is 26.8 Å². The zero-order chi connectivity index (χ0) is 17.7. The number of benzene rings is 2. The Kier molecular flexibility index (Phi) is 5.62. The fourth-order valence-corrected chi connectivity index (χ4v) is 4.25. The number of allylic oxidation sites excluding steroid dienone is 2. The van der Waals surface area contributed by atoms with E-state index in [0.717, 1.165) is 6.08 Å². The zero-order valence-electron chi connectivity index (χ0n) is 13.1. The first-order valence-electron chi connectivity index (χ1n) is 7.31. The highest BCUT2D eigenvalue weighted by Gasteiger charge is 2.32. The van der Waals surface area contributed by atoms with Gasteiger partial charge in [-0.15, -0.1) is 0 Å². The molecule has 0 saturated carbocycles. The van der Waals surface area contributed by atoms with E-state index in [-0.39, 0.29) is 22.1 Å². The van der Waals surface area contributed by atoms with Gasteiger partial charge in [-0.05, 0) is 36.8 Å². The van der Waals surface area contributed by atoms with Gasteiger partial charge in [-0.2, -0.15) is 0 Å². The Morgan fingerprint density at radius 3 is 2.25 bits per heavy atom. The first kappa shape index (κ1) is 18.0. The monoisotopic (exact) mass is 346 g/mol. The summed E-state index contributed by atoms with van der Waals surface area (Å²) in [7, 11) is -4.20. The number of hydrogen-bond donors (Lipinski definition) is 4. The number of rotatable bonds is 5. The molecule has 0 saturated heterocycles. The maximum atomic E-state index is 13.1. The lowest BCUT2D eigenvalue weighted by Crippen LogP contribution is -2.11. The molecular weight excluding hydrogens is 327 g/mol. The van der Waals surface area contributed by atoms with Crippen LogP contribution in [0.15, 0.2) is 71.8 Å². The third-order valence-electron chi connectivity index (χ3n) is 3.57. The predicted molar refractivity (Wildman–Crippen MR) is 94.6 cm³/mol. The van der Waals surface area contributed by atoms with Crippen molar-refractivity contribution >= 4 is 12.7 Å². The molecule has 6 heteroatoms. The van der Waals surface area contributed by atoms with Crippen LogP contribution in [0, 0.1) is 0 Å². The molecule has 2 rings (SSSR count). The van der Waals surface area contributed by atoms with Crippen LogP contribution in [0.25, 0.3) is 11.1 Å². The van der Waals surface area contributed by atoms with E-state index in [1.165, 1.54) is 25.1 Å². The van der Waals surface area contributed by atoms with Gasteiger partial charge in [-0.3, -0.25) is 4.57 Å². The van der Waals surface area contributed by atoms with E-state index in [0.29, 0.717) is 11.1 Å². The van der Waals surface area contributed by atoms with Crippen LogP contribution in [0.5, 0.6) is 5.75 Å². The third-order valence-corrected chi connectivity index (χ3v) is 5.68. The minimum atomic E-state index is -4.20. The fourth-order valence-electron chi connectivity index (χ4n) is 2.41. The first-order valence-corrected chi connectivity index (χ1v) is 8.97. The molecule has 5 nitrogen and oxygen atoms in total. The van der Waals surface area contributed by atoms with Gasteiger partial charge >= 0.3 is 0 Å². The van der Waals surface area contributed by atoms with Gasteiger partial charge in [-0.25, -0.2) is 0 Å². The van der Waals surface area contributed by atoms with Crippen molar-refractivity contribution in [1.82, 2.24) is 0 Å². The smallest absolute Gasteiger partial charge is 0.262 e. The van der Waals surface area contributed by atoms with Gasteiger partial charge in [0.25, 0.3) is 7.37 Å². The summed E-state index contributed by atoms with van der Waals surface area (Å²) in [6, 6.07) is 12.9. The zero-order valence-corrected chi connectivity index (χ0v) is 14.0. The predicted octanol–water partition coefficient (Wildman–Crippen LogP) is 3.29. The number of hydrogen-bond acceptors (Lipinski definition) is 4. The average Bonchev–Trinajstić information content (AvgIpc) is 2.59. The van der Waals surface area contributed by atoms with Crippen LogP contribution < -0.4 is 5.30 Å². The molecule has 0 heterocycles. The summed E-state index contributed by atoms with van der Waals surface area (Å²) in [6.07, 6.45) is 2.39. The lowest BCUT2D eigenvalue weighted by Gasteiger charge is -2.19. The molecular formula is C18H19O5P. The Morgan fingerprint density at radius 1 is 1.08 bits per heavy atom. The van der Waals surface area contributed by atoms with Gasteiger partial charge in [-0.1, -0.05) is 36.4 Å². The second-order valence-electron chi connectivity index (χ2n) is 5.06. The molecule has 0 amide bonds. The van der Waals surface area contributed by atoms with Crippen LogP contribution in [-0.2, 0) is 4.57 Å². The van der Waals surface area contributed by atoms with E-state index in [4.69, 9.17) is 5.11 Å². The number of phenolic OH excluding ortho intramolecular Hbond substituents is 1. The number of aliphatic hydroxyl groups is 2. The number of aliphatic hydroxyl groups excluding tert-OH is 2. The molecule has 2 aromatic carbocycles. The minimum absolute atomic E-state index is 0.0205. The quantitative estimate of drug-likeness (QED) is 0.378. The normalized spacial score (nSPS) is 15.1. The van der Waals surface area contributed by atoms with Crippen molar-refractivity contribution in [2.24, 2.45) is 0 Å². The van der Waals surface area contributed by atoms with Crippen LogP contribution in [0.4, 0.5) is 0 Å². The van der Waals surface area contributed by atoms with Crippen molar-refractivity contribution in [3.05, 3.63) is 71.8 Å². The van der Waals surface area contributed by atoms with Gasteiger partial charge in [0.15, 0.2) is 0 Å². The van der Waals surface area contributed by atoms with Crippen molar-refractivity contribution in [3.63, 3.8) is 0 Å². The lowest BCUT2D eigenvalue weighted by molar-refractivity contribution is 0.340. The van der Waals surface area contributed by atoms with E-state index in [2.05, 4.69) is 0 Å².